The Morgan fingerprint density at radius 3 is 2.89 bits per heavy atom. The first-order chi connectivity index (χ1) is 8.74. The van der Waals surface area contributed by atoms with Gasteiger partial charge in [-0.25, -0.2) is 15.0 Å². The molecule has 9 heteroatoms. The minimum absolute atomic E-state index is 0.0890. The van der Waals surface area contributed by atoms with Crippen LogP contribution in [0.4, 0.5) is 11.5 Å². The summed E-state index contributed by atoms with van der Waals surface area (Å²) >= 11 is 0. The number of aromatic nitrogens is 5. The van der Waals surface area contributed by atoms with Crippen LogP contribution in [0.1, 0.15) is 13.3 Å². The van der Waals surface area contributed by atoms with Crippen LogP contribution >= 0.6 is 0 Å². The van der Waals surface area contributed by atoms with Gasteiger partial charge in [0.2, 0.25) is 11.6 Å². The SMILES string of the molecule is CCCNc1ncnc(-n2cncn2)c1[N+](=O)[O-]. The highest BCUT2D eigenvalue weighted by Gasteiger charge is 2.24. The average Bonchev–Trinajstić information content (AvgIpc) is 2.89. The second kappa shape index (κ2) is 5.17. The Labute approximate surface area is 102 Å². The smallest absolute Gasteiger partial charge is 0.355 e. The van der Waals surface area contributed by atoms with Crippen molar-refractivity contribution in [1.29, 1.82) is 0 Å². The lowest BCUT2D eigenvalue weighted by molar-refractivity contribution is -0.384. The molecule has 0 aliphatic rings. The van der Waals surface area contributed by atoms with Gasteiger partial charge in [-0.05, 0) is 6.42 Å². The van der Waals surface area contributed by atoms with Crippen molar-refractivity contribution >= 4 is 11.5 Å². The quantitative estimate of drug-likeness (QED) is 0.615. The number of nitrogens with one attached hydrogen (secondary N) is 1. The first-order valence-corrected chi connectivity index (χ1v) is 5.32. The zero-order valence-corrected chi connectivity index (χ0v) is 9.65. The maximum absolute atomic E-state index is 11.1. The molecule has 0 fully saturated rings. The number of anilines is 1. The van der Waals surface area contributed by atoms with Gasteiger partial charge in [-0.2, -0.15) is 9.78 Å². The molecule has 2 heterocycles. The largest absolute Gasteiger partial charge is 0.364 e. The molecule has 1 N–H and O–H groups in total. The molecule has 2 aromatic heterocycles. The van der Waals surface area contributed by atoms with Crippen LogP contribution in [-0.2, 0) is 0 Å². The molecule has 0 aliphatic carbocycles. The predicted molar refractivity (Wildman–Crippen MR) is 62.4 cm³/mol. The Morgan fingerprint density at radius 1 is 1.44 bits per heavy atom. The Kier molecular flexibility index (Phi) is 3.41. The van der Waals surface area contributed by atoms with Crippen molar-refractivity contribution in [2.75, 3.05) is 11.9 Å². The maximum Gasteiger partial charge on any atom is 0.355 e. The molecular weight excluding hydrogens is 238 g/mol. The fourth-order valence-electron chi connectivity index (χ4n) is 1.40. The zero-order valence-electron chi connectivity index (χ0n) is 9.65. The van der Waals surface area contributed by atoms with Gasteiger partial charge in [0.15, 0.2) is 0 Å². The third-order valence-corrected chi connectivity index (χ3v) is 2.16. The second-order valence-electron chi connectivity index (χ2n) is 3.42. The lowest BCUT2D eigenvalue weighted by Gasteiger charge is -2.06. The molecule has 0 atom stereocenters. The zero-order chi connectivity index (χ0) is 13.0. The van der Waals surface area contributed by atoms with Crippen molar-refractivity contribution in [3.05, 3.63) is 29.1 Å². The number of nitro groups is 1. The van der Waals surface area contributed by atoms with E-state index in [1.54, 1.807) is 0 Å². The van der Waals surface area contributed by atoms with Crippen molar-refractivity contribution in [3.8, 4) is 5.82 Å². The van der Waals surface area contributed by atoms with E-state index in [2.05, 4.69) is 25.4 Å². The molecule has 94 valence electrons. The van der Waals surface area contributed by atoms with E-state index in [4.69, 9.17) is 0 Å². The van der Waals surface area contributed by atoms with Gasteiger partial charge in [-0.15, -0.1) is 0 Å². The van der Waals surface area contributed by atoms with E-state index < -0.39 is 4.92 Å². The van der Waals surface area contributed by atoms with Gasteiger partial charge < -0.3 is 5.32 Å². The van der Waals surface area contributed by atoms with Gasteiger partial charge in [0.25, 0.3) is 0 Å². The fourth-order valence-corrected chi connectivity index (χ4v) is 1.40. The van der Waals surface area contributed by atoms with E-state index in [0.717, 1.165) is 6.42 Å². The summed E-state index contributed by atoms with van der Waals surface area (Å²) in [6, 6.07) is 0. The van der Waals surface area contributed by atoms with E-state index in [9.17, 15) is 10.1 Å². The van der Waals surface area contributed by atoms with Crippen molar-refractivity contribution in [2.24, 2.45) is 0 Å². The molecule has 0 saturated heterocycles. The maximum atomic E-state index is 11.1. The third kappa shape index (κ3) is 2.24. The Hall–Kier alpha value is -2.58. The van der Waals surface area contributed by atoms with Crippen LogP contribution in [0.5, 0.6) is 0 Å². The summed E-state index contributed by atoms with van der Waals surface area (Å²) in [5.41, 5.74) is -0.212. The molecule has 0 spiro atoms. The number of hydrogen-bond donors (Lipinski definition) is 1. The monoisotopic (exact) mass is 249 g/mol. The van der Waals surface area contributed by atoms with Crippen LogP contribution in [-0.4, -0.2) is 36.2 Å². The molecule has 0 unspecified atom stereocenters. The molecule has 2 aromatic rings. The highest BCUT2D eigenvalue weighted by Crippen LogP contribution is 2.26. The molecule has 18 heavy (non-hydrogen) atoms. The number of hydrogen-bond acceptors (Lipinski definition) is 7. The molecule has 0 radical (unpaired) electrons. The summed E-state index contributed by atoms with van der Waals surface area (Å²) < 4.78 is 1.23. The van der Waals surface area contributed by atoms with Gasteiger partial charge in [0.05, 0.1) is 4.92 Å². The minimum Gasteiger partial charge on any atom is -0.364 e. The van der Waals surface area contributed by atoms with Crippen LogP contribution in [0.15, 0.2) is 19.0 Å². The van der Waals surface area contributed by atoms with Gasteiger partial charge in [-0.3, -0.25) is 10.1 Å². The molecule has 0 saturated carbocycles. The second-order valence-corrected chi connectivity index (χ2v) is 3.42. The third-order valence-electron chi connectivity index (χ3n) is 2.16. The fraction of sp³-hybridized carbons (Fsp3) is 0.333. The minimum atomic E-state index is -0.533. The standard InChI is InChI=1S/C9H11N7O2/c1-2-3-11-8-7(16(17)18)9(13-5-12-8)15-6-10-4-14-15/h4-6H,2-3H2,1H3,(H,11,12,13). The summed E-state index contributed by atoms with van der Waals surface area (Å²) in [7, 11) is 0. The Bertz CT molecular complexity index is 540. The van der Waals surface area contributed by atoms with Gasteiger partial charge in [0, 0.05) is 6.54 Å². The summed E-state index contributed by atoms with van der Waals surface area (Å²) in [6.07, 6.45) is 4.71. The molecule has 2 rings (SSSR count). The molecule has 0 bridgehead atoms. The van der Waals surface area contributed by atoms with Crippen molar-refractivity contribution < 1.29 is 4.92 Å². The van der Waals surface area contributed by atoms with Crippen LogP contribution in [0.25, 0.3) is 5.82 Å². The lowest BCUT2D eigenvalue weighted by atomic mass is 10.4. The van der Waals surface area contributed by atoms with E-state index in [1.165, 1.54) is 23.7 Å². The van der Waals surface area contributed by atoms with Gasteiger partial charge in [-0.1, -0.05) is 6.92 Å². The molecule has 9 nitrogen and oxygen atoms in total. The normalized spacial score (nSPS) is 10.3. The molecule has 0 aromatic carbocycles. The van der Waals surface area contributed by atoms with Gasteiger partial charge >= 0.3 is 5.69 Å². The topological polar surface area (TPSA) is 112 Å². The van der Waals surface area contributed by atoms with Crippen LogP contribution < -0.4 is 5.32 Å². The molecule has 0 aliphatic heterocycles. The molecule has 0 amide bonds. The van der Waals surface area contributed by atoms with Crippen LogP contribution in [0.3, 0.4) is 0 Å². The highest BCUT2D eigenvalue weighted by molar-refractivity contribution is 5.63. The number of nitrogens with zero attached hydrogens (tertiary/aromatic N) is 6. The van der Waals surface area contributed by atoms with E-state index in [1.807, 2.05) is 6.92 Å². The van der Waals surface area contributed by atoms with Gasteiger partial charge in [0.1, 0.15) is 19.0 Å². The Balaban J connectivity index is 2.49. The van der Waals surface area contributed by atoms with Crippen molar-refractivity contribution in [3.63, 3.8) is 0 Å². The van der Waals surface area contributed by atoms with E-state index in [-0.39, 0.29) is 17.3 Å². The molecular formula is C9H11N7O2. The summed E-state index contributed by atoms with van der Waals surface area (Å²) in [5, 5.41) is 17.9. The average molecular weight is 249 g/mol. The first-order valence-electron chi connectivity index (χ1n) is 5.32. The van der Waals surface area contributed by atoms with Crippen LogP contribution in [0, 0.1) is 10.1 Å². The first kappa shape index (κ1) is 11.9. The van der Waals surface area contributed by atoms with E-state index in [0.29, 0.717) is 6.54 Å². The predicted octanol–water partition coefficient (Wildman–Crippen LogP) is 0.787. The summed E-state index contributed by atoms with van der Waals surface area (Å²) in [4.78, 5) is 22.1. The van der Waals surface area contributed by atoms with Crippen LogP contribution in [0.2, 0.25) is 0 Å². The summed E-state index contributed by atoms with van der Waals surface area (Å²) in [5.74, 6) is 0.272. The lowest BCUT2D eigenvalue weighted by Crippen LogP contribution is -2.10. The highest BCUT2D eigenvalue weighted by atomic mass is 16.6. The summed E-state index contributed by atoms with van der Waals surface area (Å²) in [6.45, 7) is 2.55. The van der Waals surface area contributed by atoms with Crippen molar-refractivity contribution in [1.82, 2.24) is 24.7 Å². The van der Waals surface area contributed by atoms with E-state index >= 15 is 0 Å². The number of rotatable bonds is 5. The van der Waals surface area contributed by atoms with Crippen molar-refractivity contribution in [2.45, 2.75) is 13.3 Å². The Morgan fingerprint density at radius 2 is 2.28 bits per heavy atom.